The molecule has 252 valence electrons. The molecule has 0 bridgehead atoms. The summed E-state index contributed by atoms with van der Waals surface area (Å²) in [6.07, 6.45) is 15.8. The average Bonchev–Trinajstić information content (AvgIpc) is 3.37. The Morgan fingerprint density at radius 2 is 1.47 bits per heavy atom. The van der Waals surface area contributed by atoms with Gasteiger partial charge in [0.1, 0.15) is 6.10 Å². The largest absolute Gasteiger partial charge is 0.481 e. The molecule has 0 aromatic heterocycles. The van der Waals surface area contributed by atoms with Gasteiger partial charge in [0.25, 0.3) is 0 Å². The minimum atomic E-state index is -0.819. The topological polar surface area (TPSA) is 101 Å². The number of carboxylic acids is 2. The van der Waals surface area contributed by atoms with Crippen LogP contribution in [0.4, 0.5) is 0 Å². The van der Waals surface area contributed by atoms with Crippen LogP contribution < -0.4 is 0 Å². The van der Waals surface area contributed by atoms with Gasteiger partial charge in [0, 0.05) is 5.41 Å². The molecule has 0 unspecified atom stereocenters. The third kappa shape index (κ3) is 4.87. The predicted octanol–water partition coefficient (Wildman–Crippen LogP) is 9.21. The van der Waals surface area contributed by atoms with Crippen molar-refractivity contribution >= 4 is 17.9 Å². The maximum absolute atomic E-state index is 13.4. The Morgan fingerprint density at radius 3 is 2.11 bits per heavy atom. The summed E-state index contributed by atoms with van der Waals surface area (Å²) < 4.78 is 6.35. The third-order valence-corrected chi connectivity index (χ3v) is 16.0. The summed E-state index contributed by atoms with van der Waals surface area (Å²) in [4.78, 5) is 38.0. The first kappa shape index (κ1) is 33.1. The molecule has 6 rings (SSSR count). The molecule has 0 saturated heterocycles. The van der Waals surface area contributed by atoms with Crippen molar-refractivity contribution in [2.45, 2.75) is 157 Å². The molecule has 0 heterocycles. The number of carbonyl (C=O) groups excluding carboxylic acids is 1. The first-order valence-electron chi connectivity index (χ1n) is 18.2. The average molecular weight is 625 g/mol. The van der Waals surface area contributed by atoms with Crippen molar-refractivity contribution < 1.29 is 29.3 Å². The van der Waals surface area contributed by atoms with Gasteiger partial charge < -0.3 is 14.9 Å². The Kier molecular flexibility index (Phi) is 7.77. The molecule has 0 radical (unpaired) electrons. The third-order valence-electron chi connectivity index (χ3n) is 16.0. The molecule has 6 nitrogen and oxygen atoms in total. The van der Waals surface area contributed by atoms with E-state index in [1.165, 1.54) is 5.57 Å². The van der Waals surface area contributed by atoms with E-state index in [1.807, 2.05) is 0 Å². The van der Waals surface area contributed by atoms with Crippen LogP contribution in [0.1, 0.15) is 151 Å². The quantitative estimate of drug-likeness (QED) is 0.226. The lowest BCUT2D eigenvalue weighted by Gasteiger charge is -2.71. The summed E-state index contributed by atoms with van der Waals surface area (Å²) in [5.41, 5.74) is 0.584. The first-order valence-corrected chi connectivity index (χ1v) is 18.2. The highest BCUT2D eigenvalue weighted by molar-refractivity contribution is 5.77. The molecule has 2 N–H and O–H groups in total. The monoisotopic (exact) mass is 624 g/mol. The number of hydrogen-bond donors (Lipinski definition) is 2. The zero-order valence-electron chi connectivity index (χ0n) is 29.2. The number of rotatable bonds is 6. The molecule has 45 heavy (non-hydrogen) atoms. The van der Waals surface area contributed by atoms with Gasteiger partial charge in [-0.1, -0.05) is 73.0 Å². The summed E-state index contributed by atoms with van der Waals surface area (Å²) in [6, 6.07) is 0. The molecule has 0 spiro atoms. The van der Waals surface area contributed by atoms with Crippen LogP contribution in [0.2, 0.25) is 0 Å². The van der Waals surface area contributed by atoms with Crippen molar-refractivity contribution in [3.63, 3.8) is 0 Å². The fourth-order valence-corrected chi connectivity index (χ4v) is 13.2. The van der Waals surface area contributed by atoms with Crippen molar-refractivity contribution in [1.29, 1.82) is 0 Å². The highest BCUT2D eigenvalue weighted by Gasteiger charge is 2.69. The van der Waals surface area contributed by atoms with Gasteiger partial charge in [0.15, 0.2) is 0 Å². The Labute approximate surface area is 271 Å². The summed E-state index contributed by atoms with van der Waals surface area (Å²) >= 11 is 0. The van der Waals surface area contributed by atoms with Gasteiger partial charge in [-0.3, -0.25) is 14.4 Å². The Morgan fingerprint density at radius 1 is 0.800 bits per heavy atom. The first-order chi connectivity index (χ1) is 20.8. The van der Waals surface area contributed by atoms with Crippen LogP contribution in [-0.4, -0.2) is 34.2 Å². The molecular weight excluding hydrogens is 564 g/mol. The second-order valence-corrected chi connectivity index (χ2v) is 19.0. The van der Waals surface area contributed by atoms with Gasteiger partial charge in [-0.2, -0.15) is 0 Å². The number of carboxylic acid groups (broad SMARTS) is 2. The van der Waals surface area contributed by atoms with Crippen molar-refractivity contribution in [2.24, 2.45) is 55.7 Å². The predicted molar refractivity (Wildman–Crippen MR) is 174 cm³/mol. The zero-order chi connectivity index (χ0) is 32.8. The van der Waals surface area contributed by atoms with E-state index in [9.17, 15) is 24.6 Å². The molecular formula is C39H60O6. The molecule has 6 aliphatic rings. The Hall–Kier alpha value is -1.85. The van der Waals surface area contributed by atoms with E-state index in [0.29, 0.717) is 11.8 Å². The molecule has 0 aliphatic heterocycles. The van der Waals surface area contributed by atoms with Crippen LogP contribution >= 0.6 is 0 Å². The second kappa shape index (κ2) is 10.6. The SMILES string of the molecule is CC1(C)CC[C@]2(C(=O)O)CC[C@]3(C)C(=CC[C@@H]4[C@@]5(C)CC[C@H](OC(=O)CC6(CC(=O)O)CCCC6)C(C)(C)[C@@H]5CC[C@]43C)[C@@H]2C1. The van der Waals surface area contributed by atoms with Crippen LogP contribution in [0.25, 0.3) is 0 Å². The molecule has 8 atom stereocenters. The van der Waals surface area contributed by atoms with Crippen LogP contribution in [-0.2, 0) is 19.1 Å². The van der Waals surface area contributed by atoms with E-state index in [2.05, 4.69) is 54.5 Å². The Bertz CT molecular complexity index is 1270. The van der Waals surface area contributed by atoms with Crippen LogP contribution in [0.15, 0.2) is 11.6 Å². The lowest BCUT2D eigenvalue weighted by atomic mass is 9.33. The maximum atomic E-state index is 13.4. The lowest BCUT2D eigenvalue weighted by molar-refractivity contribution is -0.214. The summed E-state index contributed by atoms with van der Waals surface area (Å²) in [5, 5.41) is 20.2. The molecule has 0 aromatic carbocycles. The zero-order valence-corrected chi connectivity index (χ0v) is 29.2. The van der Waals surface area contributed by atoms with Crippen LogP contribution in [0.5, 0.6) is 0 Å². The number of carbonyl (C=O) groups is 3. The summed E-state index contributed by atoms with van der Waals surface area (Å²) in [7, 11) is 0. The van der Waals surface area contributed by atoms with E-state index in [4.69, 9.17) is 4.74 Å². The fraction of sp³-hybridized carbons (Fsp3) is 0.872. The molecule has 5 saturated carbocycles. The van der Waals surface area contributed by atoms with E-state index >= 15 is 0 Å². The number of esters is 1. The van der Waals surface area contributed by atoms with Crippen LogP contribution in [0, 0.1) is 55.7 Å². The fourth-order valence-electron chi connectivity index (χ4n) is 13.2. The maximum Gasteiger partial charge on any atom is 0.310 e. The van der Waals surface area contributed by atoms with Gasteiger partial charge >= 0.3 is 17.9 Å². The molecule has 6 heteroatoms. The van der Waals surface area contributed by atoms with Crippen molar-refractivity contribution in [3.8, 4) is 0 Å². The van der Waals surface area contributed by atoms with Gasteiger partial charge in [0.05, 0.1) is 18.3 Å². The van der Waals surface area contributed by atoms with Gasteiger partial charge in [-0.25, -0.2) is 0 Å². The number of fused-ring (bicyclic) bond motifs is 7. The molecule has 0 aromatic rings. The Balaban J connectivity index is 1.26. The van der Waals surface area contributed by atoms with Crippen molar-refractivity contribution in [2.75, 3.05) is 0 Å². The number of hydrogen-bond acceptors (Lipinski definition) is 4. The minimum Gasteiger partial charge on any atom is -0.481 e. The lowest BCUT2D eigenvalue weighted by Crippen LogP contribution is -2.65. The highest BCUT2D eigenvalue weighted by Crippen LogP contribution is 2.76. The van der Waals surface area contributed by atoms with Crippen LogP contribution in [0.3, 0.4) is 0 Å². The molecule has 0 amide bonds. The highest BCUT2D eigenvalue weighted by atomic mass is 16.5. The minimum absolute atomic E-state index is 0.00582. The van der Waals surface area contributed by atoms with Gasteiger partial charge in [-0.15, -0.1) is 0 Å². The van der Waals surface area contributed by atoms with E-state index in [1.54, 1.807) is 0 Å². The van der Waals surface area contributed by atoms with E-state index < -0.39 is 22.8 Å². The number of aliphatic carboxylic acids is 2. The van der Waals surface area contributed by atoms with E-state index in [0.717, 1.165) is 89.9 Å². The van der Waals surface area contributed by atoms with Gasteiger partial charge in [-0.05, 0) is 122 Å². The van der Waals surface area contributed by atoms with Crippen molar-refractivity contribution in [1.82, 2.24) is 0 Å². The standard InChI is InChI=1S/C39H60O6/c1-33(2)18-20-39(32(43)44)21-19-36(6)25(26(39)22-33)10-11-28-35(5)16-13-29(34(3,4)27(35)12-17-37(28,36)7)45-31(42)24-38(23-30(40)41)14-8-9-15-38/h10,26-29H,8-9,11-24H2,1-7H3,(H,40,41)(H,43,44)/t26-,27-,28+,29-,35-,36+,37+,39-/m0/s1. The summed E-state index contributed by atoms with van der Waals surface area (Å²) in [5.74, 6) is -0.566. The number of allylic oxidation sites excluding steroid dienone is 2. The van der Waals surface area contributed by atoms with Crippen molar-refractivity contribution in [3.05, 3.63) is 11.6 Å². The molecule has 5 fully saturated rings. The van der Waals surface area contributed by atoms with E-state index in [-0.39, 0.29) is 57.9 Å². The molecule has 6 aliphatic carbocycles. The number of ether oxygens (including phenoxy) is 1. The van der Waals surface area contributed by atoms with Gasteiger partial charge in [0.2, 0.25) is 0 Å². The smallest absolute Gasteiger partial charge is 0.310 e. The summed E-state index contributed by atoms with van der Waals surface area (Å²) in [6.45, 7) is 16.9. The second-order valence-electron chi connectivity index (χ2n) is 19.0. The normalized spacial score (nSPS) is 44.3.